The maximum Gasteiger partial charge on any atom is 0.181 e. The fraction of sp³-hybridized carbons (Fsp3) is 0.200. The van der Waals surface area contributed by atoms with E-state index in [2.05, 4.69) is 15.2 Å². The summed E-state index contributed by atoms with van der Waals surface area (Å²) in [6.07, 6.45) is 0. The van der Waals surface area contributed by atoms with Crippen LogP contribution in [0.1, 0.15) is 5.82 Å². The second kappa shape index (κ2) is 4.10. The molecule has 78 valence electrons. The smallest absolute Gasteiger partial charge is 0.181 e. The number of aliphatic hydroxyl groups is 1. The molecule has 0 radical (unpaired) electrons. The molecule has 0 amide bonds. The maximum atomic E-state index is 8.83. The zero-order valence-corrected chi connectivity index (χ0v) is 8.27. The molecular formula is C10H11N3O2. The van der Waals surface area contributed by atoms with E-state index in [1.54, 1.807) is 7.11 Å². The van der Waals surface area contributed by atoms with Gasteiger partial charge >= 0.3 is 0 Å². The van der Waals surface area contributed by atoms with Gasteiger partial charge in [0.25, 0.3) is 0 Å². The van der Waals surface area contributed by atoms with E-state index in [4.69, 9.17) is 9.84 Å². The summed E-state index contributed by atoms with van der Waals surface area (Å²) in [6, 6.07) is 7.40. The van der Waals surface area contributed by atoms with Crippen molar-refractivity contribution in [3.63, 3.8) is 0 Å². The van der Waals surface area contributed by atoms with E-state index in [1.807, 2.05) is 24.3 Å². The number of aromatic amines is 1. The van der Waals surface area contributed by atoms with Gasteiger partial charge in [0.1, 0.15) is 12.4 Å². The Morgan fingerprint density at radius 1 is 1.33 bits per heavy atom. The zero-order chi connectivity index (χ0) is 10.7. The maximum absolute atomic E-state index is 8.83. The highest BCUT2D eigenvalue weighted by Gasteiger charge is 2.04. The van der Waals surface area contributed by atoms with Gasteiger partial charge in [0, 0.05) is 5.56 Å². The van der Waals surface area contributed by atoms with Crippen LogP contribution in [-0.4, -0.2) is 27.4 Å². The van der Waals surface area contributed by atoms with Gasteiger partial charge in [-0.1, -0.05) is 0 Å². The van der Waals surface area contributed by atoms with Gasteiger partial charge in [-0.05, 0) is 24.3 Å². The van der Waals surface area contributed by atoms with Crippen molar-refractivity contribution < 1.29 is 9.84 Å². The van der Waals surface area contributed by atoms with Crippen molar-refractivity contribution in [3.8, 4) is 17.1 Å². The number of ether oxygens (including phenoxy) is 1. The fourth-order valence-electron chi connectivity index (χ4n) is 1.24. The quantitative estimate of drug-likeness (QED) is 0.783. The topological polar surface area (TPSA) is 71.0 Å². The third-order valence-electron chi connectivity index (χ3n) is 2.03. The monoisotopic (exact) mass is 205 g/mol. The molecule has 0 saturated heterocycles. The molecule has 0 saturated carbocycles. The Bertz CT molecular complexity index is 436. The third kappa shape index (κ3) is 1.97. The molecule has 2 aromatic rings. The minimum absolute atomic E-state index is 0.136. The molecule has 0 bridgehead atoms. The van der Waals surface area contributed by atoms with Crippen molar-refractivity contribution >= 4 is 0 Å². The third-order valence-corrected chi connectivity index (χ3v) is 2.03. The Morgan fingerprint density at radius 3 is 2.60 bits per heavy atom. The molecule has 1 heterocycles. The Hall–Kier alpha value is -1.88. The van der Waals surface area contributed by atoms with E-state index in [-0.39, 0.29) is 6.61 Å². The second-order valence-corrected chi connectivity index (χ2v) is 2.99. The van der Waals surface area contributed by atoms with E-state index >= 15 is 0 Å². The molecule has 1 aromatic heterocycles. The van der Waals surface area contributed by atoms with Crippen LogP contribution in [0.2, 0.25) is 0 Å². The molecule has 2 rings (SSSR count). The summed E-state index contributed by atoms with van der Waals surface area (Å²) < 4.78 is 5.04. The van der Waals surface area contributed by atoms with Crippen molar-refractivity contribution in [1.82, 2.24) is 15.2 Å². The number of hydrogen-bond acceptors (Lipinski definition) is 4. The van der Waals surface area contributed by atoms with Crippen LogP contribution in [0.5, 0.6) is 5.75 Å². The van der Waals surface area contributed by atoms with Gasteiger partial charge < -0.3 is 9.84 Å². The zero-order valence-electron chi connectivity index (χ0n) is 8.27. The van der Waals surface area contributed by atoms with Gasteiger partial charge in [0.2, 0.25) is 0 Å². The first-order chi connectivity index (χ1) is 7.33. The van der Waals surface area contributed by atoms with Crippen LogP contribution < -0.4 is 4.74 Å². The molecule has 0 aliphatic carbocycles. The molecular weight excluding hydrogens is 194 g/mol. The molecule has 5 nitrogen and oxygen atoms in total. The molecule has 0 fully saturated rings. The lowest BCUT2D eigenvalue weighted by Gasteiger charge is -1.99. The molecule has 5 heteroatoms. The summed E-state index contributed by atoms with van der Waals surface area (Å²) >= 11 is 0. The number of aromatic nitrogens is 3. The normalized spacial score (nSPS) is 10.3. The van der Waals surface area contributed by atoms with Crippen molar-refractivity contribution in [1.29, 1.82) is 0 Å². The molecule has 15 heavy (non-hydrogen) atoms. The molecule has 0 aliphatic heterocycles. The van der Waals surface area contributed by atoms with Gasteiger partial charge in [-0.2, -0.15) is 5.10 Å². The number of rotatable bonds is 3. The lowest BCUT2D eigenvalue weighted by atomic mass is 10.2. The SMILES string of the molecule is COc1ccc(-c2n[nH]c(CO)n2)cc1. The van der Waals surface area contributed by atoms with Gasteiger partial charge in [-0.25, -0.2) is 4.98 Å². The van der Waals surface area contributed by atoms with Crippen LogP contribution in [0.25, 0.3) is 11.4 Å². The molecule has 1 aromatic carbocycles. The Balaban J connectivity index is 2.28. The fourth-order valence-corrected chi connectivity index (χ4v) is 1.24. The lowest BCUT2D eigenvalue weighted by molar-refractivity contribution is 0.272. The van der Waals surface area contributed by atoms with Crippen molar-refractivity contribution in [2.45, 2.75) is 6.61 Å². The number of methoxy groups -OCH3 is 1. The Morgan fingerprint density at radius 2 is 2.07 bits per heavy atom. The first-order valence-electron chi connectivity index (χ1n) is 4.50. The summed E-state index contributed by atoms with van der Waals surface area (Å²) in [7, 11) is 1.62. The average molecular weight is 205 g/mol. The number of aliphatic hydroxyl groups excluding tert-OH is 1. The molecule has 0 spiro atoms. The van der Waals surface area contributed by atoms with E-state index in [0.29, 0.717) is 11.6 Å². The van der Waals surface area contributed by atoms with E-state index in [1.165, 1.54) is 0 Å². The first-order valence-corrected chi connectivity index (χ1v) is 4.50. The second-order valence-electron chi connectivity index (χ2n) is 2.99. The predicted molar refractivity (Wildman–Crippen MR) is 54.3 cm³/mol. The van der Waals surface area contributed by atoms with Gasteiger partial charge in [-0.15, -0.1) is 0 Å². The first kappa shape index (κ1) is 9.67. The highest BCUT2D eigenvalue weighted by molar-refractivity contribution is 5.55. The minimum atomic E-state index is -0.136. The van der Waals surface area contributed by atoms with E-state index in [0.717, 1.165) is 11.3 Å². The van der Waals surface area contributed by atoms with Crippen LogP contribution in [0, 0.1) is 0 Å². The van der Waals surface area contributed by atoms with Crippen molar-refractivity contribution in [2.24, 2.45) is 0 Å². The highest BCUT2D eigenvalue weighted by Crippen LogP contribution is 2.18. The number of hydrogen-bond donors (Lipinski definition) is 2. The number of nitrogens with zero attached hydrogens (tertiary/aromatic N) is 2. The van der Waals surface area contributed by atoms with Crippen LogP contribution in [0.15, 0.2) is 24.3 Å². The summed E-state index contributed by atoms with van der Waals surface area (Å²) in [5.74, 6) is 1.82. The number of benzene rings is 1. The molecule has 2 N–H and O–H groups in total. The van der Waals surface area contributed by atoms with Gasteiger partial charge in [0.15, 0.2) is 11.6 Å². The average Bonchev–Trinajstić information content (AvgIpc) is 2.78. The number of nitrogens with one attached hydrogen (secondary N) is 1. The highest BCUT2D eigenvalue weighted by atomic mass is 16.5. The van der Waals surface area contributed by atoms with Crippen LogP contribution in [0.3, 0.4) is 0 Å². The van der Waals surface area contributed by atoms with Crippen LogP contribution >= 0.6 is 0 Å². The summed E-state index contributed by atoms with van der Waals surface area (Å²) in [5, 5.41) is 15.4. The largest absolute Gasteiger partial charge is 0.497 e. The minimum Gasteiger partial charge on any atom is -0.497 e. The predicted octanol–water partition coefficient (Wildman–Crippen LogP) is 0.973. The summed E-state index contributed by atoms with van der Waals surface area (Å²) in [4.78, 5) is 4.10. The number of H-pyrrole nitrogens is 1. The van der Waals surface area contributed by atoms with Gasteiger partial charge in [-0.3, -0.25) is 5.10 Å². The lowest BCUT2D eigenvalue weighted by Crippen LogP contribution is -1.85. The van der Waals surface area contributed by atoms with Gasteiger partial charge in [0.05, 0.1) is 7.11 Å². The van der Waals surface area contributed by atoms with Crippen LogP contribution in [0.4, 0.5) is 0 Å². The summed E-state index contributed by atoms with van der Waals surface area (Å²) in [6.45, 7) is -0.136. The standard InChI is InChI=1S/C10H11N3O2/c1-15-8-4-2-7(3-5-8)10-11-9(6-14)12-13-10/h2-5,14H,6H2,1H3,(H,11,12,13). The molecule has 0 aliphatic rings. The van der Waals surface area contributed by atoms with Crippen molar-refractivity contribution in [2.75, 3.05) is 7.11 Å². The Kier molecular flexibility index (Phi) is 2.64. The van der Waals surface area contributed by atoms with Crippen molar-refractivity contribution in [3.05, 3.63) is 30.1 Å². The van der Waals surface area contributed by atoms with E-state index in [9.17, 15) is 0 Å². The Labute approximate surface area is 86.7 Å². The molecule has 0 unspecified atom stereocenters. The van der Waals surface area contributed by atoms with E-state index < -0.39 is 0 Å². The molecule has 0 atom stereocenters. The summed E-state index contributed by atoms with van der Waals surface area (Å²) in [5.41, 5.74) is 0.881. The van der Waals surface area contributed by atoms with Crippen LogP contribution in [-0.2, 0) is 6.61 Å².